The van der Waals surface area contributed by atoms with Crippen LogP contribution in [-0.4, -0.2) is 63.9 Å². The van der Waals surface area contributed by atoms with Crippen molar-refractivity contribution in [3.8, 4) is 5.75 Å². The van der Waals surface area contributed by atoms with Gasteiger partial charge in [-0.2, -0.15) is 5.10 Å². The molecule has 8 nitrogen and oxygen atoms in total. The predicted molar refractivity (Wildman–Crippen MR) is 115 cm³/mol. The van der Waals surface area contributed by atoms with Crippen LogP contribution >= 0.6 is 0 Å². The van der Waals surface area contributed by atoms with Gasteiger partial charge in [-0.3, -0.25) is 9.48 Å². The van der Waals surface area contributed by atoms with Crippen molar-refractivity contribution >= 4 is 12.0 Å². The standard InChI is InChI=1S/C23H30N4O4/c1-4-30-23(29)26-10-7-19(8-11-26)27(15-20-13-16(2)24-25(20)3)22(28)18-5-6-21-17(14-18)9-12-31-21/h5-6,13-14,19H,4,7-12,15H2,1-3H3. The van der Waals surface area contributed by atoms with Gasteiger partial charge in [0, 0.05) is 38.2 Å². The molecule has 31 heavy (non-hydrogen) atoms. The third-order valence-corrected chi connectivity index (χ3v) is 6.06. The average molecular weight is 427 g/mol. The van der Waals surface area contributed by atoms with E-state index < -0.39 is 0 Å². The van der Waals surface area contributed by atoms with Crippen LogP contribution in [-0.2, 0) is 24.8 Å². The van der Waals surface area contributed by atoms with E-state index in [9.17, 15) is 9.59 Å². The number of fused-ring (bicyclic) bond motifs is 1. The van der Waals surface area contributed by atoms with E-state index >= 15 is 0 Å². The van der Waals surface area contributed by atoms with E-state index in [-0.39, 0.29) is 18.0 Å². The van der Waals surface area contributed by atoms with Gasteiger partial charge in [0.05, 0.1) is 31.1 Å². The molecule has 4 rings (SSSR count). The van der Waals surface area contributed by atoms with Gasteiger partial charge in [0.2, 0.25) is 0 Å². The fourth-order valence-corrected chi connectivity index (χ4v) is 4.41. The van der Waals surface area contributed by atoms with Crippen molar-refractivity contribution < 1.29 is 19.1 Å². The molecule has 0 unspecified atom stereocenters. The molecule has 1 fully saturated rings. The maximum absolute atomic E-state index is 13.6. The number of benzene rings is 1. The number of rotatable bonds is 5. The quantitative estimate of drug-likeness (QED) is 0.735. The summed E-state index contributed by atoms with van der Waals surface area (Å²) in [7, 11) is 1.90. The zero-order valence-electron chi connectivity index (χ0n) is 18.5. The van der Waals surface area contributed by atoms with E-state index in [1.54, 1.807) is 4.90 Å². The number of nitrogens with zero attached hydrogens (tertiary/aromatic N) is 4. The average Bonchev–Trinajstić information content (AvgIpc) is 3.36. The summed E-state index contributed by atoms with van der Waals surface area (Å²) in [4.78, 5) is 29.4. The topological polar surface area (TPSA) is 76.9 Å². The first-order valence-corrected chi connectivity index (χ1v) is 10.9. The molecule has 0 N–H and O–H groups in total. The van der Waals surface area contributed by atoms with Gasteiger partial charge in [-0.25, -0.2) is 4.79 Å². The number of aryl methyl sites for hydroxylation is 2. The van der Waals surface area contributed by atoms with Crippen LogP contribution in [0.3, 0.4) is 0 Å². The van der Waals surface area contributed by atoms with Crippen LogP contribution in [0, 0.1) is 6.92 Å². The minimum absolute atomic E-state index is 0.00291. The van der Waals surface area contributed by atoms with Crippen LogP contribution in [0.1, 0.15) is 47.1 Å². The molecule has 0 radical (unpaired) electrons. The number of carbonyl (C=O) groups is 2. The second-order valence-corrected chi connectivity index (χ2v) is 8.17. The van der Waals surface area contributed by atoms with Crippen LogP contribution in [0.2, 0.25) is 0 Å². The Kier molecular flexibility index (Phi) is 6.15. The van der Waals surface area contributed by atoms with E-state index in [0.29, 0.717) is 38.4 Å². The molecule has 0 atom stereocenters. The maximum atomic E-state index is 13.6. The summed E-state index contributed by atoms with van der Waals surface area (Å²) in [6.45, 7) is 6.43. The van der Waals surface area contributed by atoms with Crippen molar-refractivity contribution in [3.63, 3.8) is 0 Å². The second kappa shape index (κ2) is 8.99. The molecule has 0 bridgehead atoms. The van der Waals surface area contributed by atoms with Gasteiger partial charge >= 0.3 is 6.09 Å². The summed E-state index contributed by atoms with van der Waals surface area (Å²) in [6, 6.07) is 7.76. The van der Waals surface area contributed by atoms with Crippen molar-refractivity contribution in [2.24, 2.45) is 7.05 Å². The van der Waals surface area contributed by atoms with E-state index in [4.69, 9.17) is 9.47 Å². The molecule has 166 valence electrons. The Morgan fingerprint density at radius 1 is 1.26 bits per heavy atom. The van der Waals surface area contributed by atoms with E-state index in [1.807, 2.05) is 54.7 Å². The molecule has 1 aromatic carbocycles. The maximum Gasteiger partial charge on any atom is 0.409 e. The first-order chi connectivity index (χ1) is 15.0. The summed E-state index contributed by atoms with van der Waals surface area (Å²) in [6.07, 6.45) is 1.99. The number of likely N-dealkylation sites (tertiary alicyclic amines) is 1. The first-order valence-electron chi connectivity index (χ1n) is 10.9. The van der Waals surface area contributed by atoms with Crippen molar-refractivity contribution in [1.82, 2.24) is 19.6 Å². The third-order valence-electron chi connectivity index (χ3n) is 6.06. The molecule has 0 saturated carbocycles. The Labute approximate surface area is 182 Å². The van der Waals surface area contributed by atoms with Crippen LogP contribution in [0.15, 0.2) is 24.3 Å². The molecular formula is C23H30N4O4. The lowest BCUT2D eigenvalue weighted by Crippen LogP contribution is -2.48. The minimum atomic E-state index is -0.278. The smallest absolute Gasteiger partial charge is 0.409 e. The van der Waals surface area contributed by atoms with Crippen molar-refractivity contribution in [2.75, 3.05) is 26.3 Å². The number of carbonyl (C=O) groups excluding carboxylic acids is 2. The molecule has 2 aliphatic rings. The summed E-state index contributed by atoms with van der Waals surface area (Å²) in [5.41, 5.74) is 3.68. The Bertz CT molecular complexity index is 962. The molecule has 2 amide bonds. The van der Waals surface area contributed by atoms with Crippen molar-refractivity contribution in [2.45, 2.75) is 45.7 Å². The number of hydrogen-bond donors (Lipinski definition) is 0. The molecule has 2 aliphatic heterocycles. The monoisotopic (exact) mass is 426 g/mol. The van der Waals surface area contributed by atoms with Gasteiger partial charge in [0.15, 0.2) is 0 Å². The fraction of sp³-hybridized carbons (Fsp3) is 0.522. The normalized spacial score (nSPS) is 16.0. The molecule has 1 saturated heterocycles. The molecule has 2 aromatic rings. The van der Waals surface area contributed by atoms with Gasteiger partial charge < -0.3 is 19.3 Å². The lowest BCUT2D eigenvalue weighted by atomic mass is 10.0. The van der Waals surface area contributed by atoms with Crippen LogP contribution < -0.4 is 4.74 Å². The highest BCUT2D eigenvalue weighted by Crippen LogP contribution is 2.28. The third kappa shape index (κ3) is 4.52. The van der Waals surface area contributed by atoms with Crippen LogP contribution in [0.4, 0.5) is 4.79 Å². The Balaban J connectivity index is 1.55. The molecule has 3 heterocycles. The molecule has 8 heteroatoms. The summed E-state index contributed by atoms with van der Waals surface area (Å²) in [5, 5.41) is 4.44. The van der Waals surface area contributed by atoms with Crippen molar-refractivity contribution in [3.05, 3.63) is 46.8 Å². The highest BCUT2D eigenvalue weighted by Gasteiger charge is 2.32. The van der Waals surface area contributed by atoms with E-state index in [1.165, 1.54) is 0 Å². The van der Waals surface area contributed by atoms with Gasteiger partial charge in [0.25, 0.3) is 5.91 Å². The fourth-order valence-electron chi connectivity index (χ4n) is 4.41. The lowest BCUT2D eigenvalue weighted by Gasteiger charge is -2.38. The van der Waals surface area contributed by atoms with Crippen molar-refractivity contribution in [1.29, 1.82) is 0 Å². The van der Waals surface area contributed by atoms with Crippen LogP contribution in [0.5, 0.6) is 5.75 Å². The number of amides is 2. The Morgan fingerprint density at radius 2 is 2.03 bits per heavy atom. The number of ether oxygens (including phenoxy) is 2. The predicted octanol–water partition coefficient (Wildman–Crippen LogP) is 2.93. The second-order valence-electron chi connectivity index (χ2n) is 8.17. The summed E-state index contributed by atoms with van der Waals surface area (Å²) >= 11 is 0. The first kappa shape index (κ1) is 21.2. The molecular weight excluding hydrogens is 396 g/mol. The zero-order chi connectivity index (χ0) is 22.0. The molecule has 0 aliphatic carbocycles. The van der Waals surface area contributed by atoms with Gasteiger partial charge in [0.1, 0.15) is 5.75 Å². The number of hydrogen-bond acceptors (Lipinski definition) is 5. The van der Waals surface area contributed by atoms with Gasteiger partial charge in [-0.05, 0) is 56.5 Å². The lowest BCUT2D eigenvalue weighted by molar-refractivity contribution is 0.0510. The Morgan fingerprint density at radius 3 is 2.71 bits per heavy atom. The molecule has 1 aromatic heterocycles. The largest absolute Gasteiger partial charge is 0.493 e. The van der Waals surface area contributed by atoms with Crippen LogP contribution in [0.25, 0.3) is 0 Å². The van der Waals surface area contributed by atoms with E-state index in [0.717, 1.165) is 42.0 Å². The van der Waals surface area contributed by atoms with E-state index in [2.05, 4.69) is 5.10 Å². The summed E-state index contributed by atoms with van der Waals surface area (Å²) < 4.78 is 12.6. The zero-order valence-corrected chi connectivity index (χ0v) is 18.5. The van der Waals surface area contributed by atoms with Gasteiger partial charge in [-0.15, -0.1) is 0 Å². The highest BCUT2D eigenvalue weighted by atomic mass is 16.6. The number of piperidine rings is 1. The highest BCUT2D eigenvalue weighted by molar-refractivity contribution is 5.95. The minimum Gasteiger partial charge on any atom is -0.493 e. The SMILES string of the molecule is CCOC(=O)N1CCC(N(Cc2cc(C)nn2C)C(=O)c2ccc3c(c2)CCO3)CC1. The van der Waals surface area contributed by atoms with Gasteiger partial charge in [-0.1, -0.05) is 0 Å². The molecule has 0 spiro atoms. The Hall–Kier alpha value is -3.03. The number of aromatic nitrogens is 2. The summed E-state index contributed by atoms with van der Waals surface area (Å²) in [5.74, 6) is 0.872.